The van der Waals surface area contributed by atoms with Crippen LogP contribution in [0.15, 0.2) is 90.0 Å². The highest BCUT2D eigenvalue weighted by Gasteiger charge is 2.32. The van der Waals surface area contributed by atoms with Gasteiger partial charge in [0, 0.05) is 40.3 Å². The van der Waals surface area contributed by atoms with Crippen LogP contribution in [0, 0.1) is 0 Å². The highest BCUT2D eigenvalue weighted by Crippen LogP contribution is 2.39. The van der Waals surface area contributed by atoms with E-state index in [0.29, 0.717) is 11.4 Å². The Bertz CT molecular complexity index is 1610. The number of halogens is 3. The molecule has 0 saturated carbocycles. The van der Waals surface area contributed by atoms with Crippen LogP contribution < -0.4 is 25.2 Å². The number of carbonyl (C=O) groups is 1. The van der Waals surface area contributed by atoms with Gasteiger partial charge < -0.3 is 20.1 Å². The van der Waals surface area contributed by atoms with Crippen molar-refractivity contribution in [3.8, 4) is 22.6 Å². The predicted molar refractivity (Wildman–Crippen MR) is 138 cm³/mol. The van der Waals surface area contributed by atoms with Crippen molar-refractivity contribution in [2.75, 3.05) is 17.7 Å². The van der Waals surface area contributed by atoms with Gasteiger partial charge in [-0.1, -0.05) is 30.3 Å². The number of methoxy groups -OCH3 is 1. The molecule has 0 aliphatic heterocycles. The zero-order valence-electron chi connectivity index (χ0n) is 20.2. The molecule has 0 saturated heterocycles. The number of anilines is 3. The number of nitrogens with one attached hydrogen (secondary N) is 2. The van der Waals surface area contributed by atoms with Crippen molar-refractivity contribution in [3.63, 3.8) is 0 Å². The number of amides is 1. The van der Waals surface area contributed by atoms with E-state index in [-0.39, 0.29) is 33.1 Å². The molecule has 4 aromatic rings. The molecule has 0 aliphatic rings. The summed E-state index contributed by atoms with van der Waals surface area (Å²) < 4.78 is 71.9. The first-order valence-electron chi connectivity index (χ1n) is 11.1. The summed E-state index contributed by atoms with van der Waals surface area (Å²) in [5.74, 6) is -0.692. The van der Waals surface area contributed by atoms with Gasteiger partial charge in [-0.15, -0.1) is 13.2 Å². The topological polar surface area (TPSA) is 133 Å². The summed E-state index contributed by atoms with van der Waals surface area (Å²) in [7, 11) is -2.80. The van der Waals surface area contributed by atoms with Gasteiger partial charge in [-0.25, -0.2) is 18.5 Å². The summed E-state index contributed by atoms with van der Waals surface area (Å²) in [6.45, 7) is 0. The second-order valence-electron chi connectivity index (χ2n) is 8.01. The van der Waals surface area contributed by atoms with Crippen molar-refractivity contribution < 1.29 is 35.9 Å². The van der Waals surface area contributed by atoms with E-state index in [1.54, 1.807) is 24.3 Å². The van der Waals surface area contributed by atoms with Gasteiger partial charge in [-0.05, 0) is 42.5 Å². The SMILES string of the molecule is COc1cc(NC(=O)c2ccc(-c3ccccc3OC(F)(F)F)c(Nc3ccccn3)c2)ccc1S(N)(=O)=O. The zero-order chi connectivity index (χ0) is 28.2. The number of nitrogens with zero attached hydrogens (tertiary/aromatic N) is 1. The van der Waals surface area contributed by atoms with Gasteiger partial charge in [0.25, 0.3) is 5.91 Å². The Morgan fingerprint density at radius 1 is 0.923 bits per heavy atom. The molecule has 0 spiro atoms. The number of ether oxygens (including phenoxy) is 2. The number of sulfonamides is 1. The first-order valence-corrected chi connectivity index (χ1v) is 12.7. The summed E-state index contributed by atoms with van der Waals surface area (Å²) in [6.07, 6.45) is -3.39. The number of alkyl halides is 3. The van der Waals surface area contributed by atoms with Crippen molar-refractivity contribution in [1.82, 2.24) is 4.98 Å². The molecule has 0 radical (unpaired) electrons. The van der Waals surface area contributed by atoms with E-state index in [1.807, 2.05) is 0 Å². The van der Waals surface area contributed by atoms with E-state index in [2.05, 4.69) is 20.4 Å². The second kappa shape index (κ2) is 11.0. The summed E-state index contributed by atoms with van der Waals surface area (Å²) in [4.78, 5) is 17.0. The number of para-hydroxylation sites is 1. The molecule has 0 unspecified atom stereocenters. The van der Waals surface area contributed by atoms with Crippen molar-refractivity contribution in [1.29, 1.82) is 0 Å². The molecule has 4 rings (SSSR count). The van der Waals surface area contributed by atoms with Gasteiger partial charge in [0.1, 0.15) is 22.2 Å². The van der Waals surface area contributed by atoms with E-state index in [4.69, 9.17) is 9.88 Å². The number of rotatable bonds is 8. The molecule has 0 bridgehead atoms. The molecular formula is C26H21F3N4O5S. The molecule has 0 fully saturated rings. The van der Waals surface area contributed by atoms with Crippen LogP contribution in [0.25, 0.3) is 11.1 Å². The largest absolute Gasteiger partial charge is 0.573 e. The highest BCUT2D eigenvalue weighted by atomic mass is 32.2. The van der Waals surface area contributed by atoms with E-state index in [0.717, 1.165) is 0 Å². The monoisotopic (exact) mass is 558 g/mol. The van der Waals surface area contributed by atoms with Gasteiger partial charge >= 0.3 is 6.36 Å². The van der Waals surface area contributed by atoms with E-state index in [1.165, 1.54) is 67.9 Å². The van der Waals surface area contributed by atoms with Gasteiger partial charge in [0.15, 0.2) is 0 Å². The second-order valence-corrected chi connectivity index (χ2v) is 9.54. The van der Waals surface area contributed by atoms with Gasteiger partial charge in [-0.3, -0.25) is 4.79 Å². The van der Waals surface area contributed by atoms with E-state index >= 15 is 0 Å². The summed E-state index contributed by atoms with van der Waals surface area (Å²) in [6, 6.07) is 18.8. The van der Waals surface area contributed by atoms with Gasteiger partial charge in [-0.2, -0.15) is 0 Å². The average molecular weight is 559 g/mol. The average Bonchev–Trinajstić information content (AvgIpc) is 2.88. The molecule has 39 heavy (non-hydrogen) atoms. The maximum atomic E-state index is 13.1. The normalized spacial score (nSPS) is 11.5. The maximum absolute atomic E-state index is 13.1. The standard InChI is InChI=1S/C26H21F3N4O5S/c1-37-22-15-17(10-12-23(22)39(30,35)36)32-25(34)16-9-11-18(20(14-16)33-24-8-4-5-13-31-24)19-6-2-3-7-21(19)38-26(27,28)29/h2-15H,1H3,(H,31,33)(H,32,34)(H2,30,35,36). The highest BCUT2D eigenvalue weighted by molar-refractivity contribution is 7.89. The fourth-order valence-electron chi connectivity index (χ4n) is 3.68. The first-order chi connectivity index (χ1) is 18.4. The van der Waals surface area contributed by atoms with Crippen LogP contribution in [0.4, 0.5) is 30.4 Å². The van der Waals surface area contributed by atoms with Crippen LogP contribution in [0.2, 0.25) is 0 Å². The Morgan fingerprint density at radius 2 is 1.67 bits per heavy atom. The maximum Gasteiger partial charge on any atom is 0.573 e. The summed E-state index contributed by atoms with van der Waals surface area (Å²) in [5, 5.41) is 10.9. The van der Waals surface area contributed by atoms with E-state index in [9.17, 15) is 26.4 Å². The van der Waals surface area contributed by atoms with Crippen molar-refractivity contribution in [2.24, 2.45) is 5.14 Å². The van der Waals surface area contributed by atoms with Crippen LogP contribution in [0.3, 0.4) is 0 Å². The lowest BCUT2D eigenvalue weighted by Crippen LogP contribution is -2.17. The Hall–Kier alpha value is -4.62. The van der Waals surface area contributed by atoms with Crippen LogP contribution in [0.5, 0.6) is 11.5 Å². The lowest BCUT2D eigenvalue weighted by molar-refractivity contribution is -0.274. The molecular weight excluding hydrogens is 537 g/mol. The molecule has 1 heterocycles. The van der Waals surface area contributed by atoms with Crippen molar-refractivity contribution >= 4 is 33.1 Å². The lowest BCUT2D eigenvalue weighted by Gasteiger charge is -2.17. The lowest BCUT2D eigenvalue weighted by atomic mass is 10.00. The Kier molecular flexibility index (Phi) is 7.74. The minimum Gasteiger partial charge on any atom is -0.495 e. The summed E-state index contributed by atoms with van der Waals surface area (Å²) in [5.41, 5.74) is 1.08. The number of pyridine rings is 1. The van der Waals surface area contributed by atoms with Crippen LogP contribution in [-0.2, 0) is 10.0 Å². The number of primary sulfonamides is 1. The minimum atomic E-state index is -4.91. The quantitative estimate of drug-likeness (QED) is 0.267. The Balaban J connectivity index is 1.73. The molecule has 3 aromatic carbocycles. The number of hydrogen-bond acceptors (Lipinski definition) is 7. The number of benzene rings is 3. The third-order valence-corrected chi connectivity index (χ3v) is 6.29. The number of nitrogens with two attached hydrogens (primary N) is 1. The van der Waals surface area contributed by atoms with Gasteiger partial charge in [0.2, 0.25) is 10.0 Å². The molecule has 9 nitrogen and oxygen atoms in total. The Labute approximate surface area is 221 Å². The molecule has 1 amide bonds. The zero-order valence-corrected chi connectivity index (χ0v) is 21.0. The van der Waals surface area contributed by atoms with Gasteiger partial charge in [0.05, 0.1) is 7.11 Å². The molecule has 13 heteroatoms. The predicted octanol–water partition coefficient (Wildman–Crippen LogP) is 5.30. The molecule has 4 N–H and O–H groups in total. The fourth-order valence-corrected chi connectivity index (χ4v) is 4.37. The van der Waals surface area contributed by atoms with Crippen LogP contribution in [0.1, 0.15) is 10.4 Å². The van der Waals surface area contributed by atoms with E-state index < -0.39 is 28.0 Å². The van der Waals surface area contributed by atoms with Crippen LogP contribution in [-0.4, -0.2) is 32.8 Å². The number of carbonyl (C=O) groups excluding carboxylic acids is 1. The van der Waals surface area contributed by atoms with Crippen molar-refractivity contribution in [2.45, 2.75) is 11.3 Å². The third-order valence-electron chi connectivity index (χ3n) is 5.34. The molecule has 202 valence electrons. The molecule has 0 aliphatic carbocycles. The number of hydrogen-bond donors (Lipinski definition) is 3. The minimum absolute atomic E-state index is 0.0653. The molecule has 1 aromatic heterocycles. The Morgan fingerprint density at radius 3 is 2.33 bits per heavy atom. The first kappa shape index (κ1) is 27.4. The number of aromatic nitrogens is 1. The fraction of sp³-hybridized carbons (Fsp3) is 0.0769. The molecule has 0 atom stereocenters. The summed E-state index contributed by atoms with van der Waals surface area (Å²) >= 11 is 0. The third kappa shape index (κ3) is 6.83. The van der Waals surface area contributed by atoms with Crippen LogP contribution >= 0.6 is 0 Å². The van der Waals surface area contributed by atoms with Crippen molar-refractivity contribution in [3.05, 3.63) is 90.6 Å². The smallest absolute Gasteiger partial charge is 0.495 e.